The zero-order valence-electron chi connectivity index (χ0n) is 46.8. The van der Waals surface area contributed by atoms with Crippen molar-refractivity contribution in [2.75, 3.05) is 179 Å². The van der Waals surface area contributed by atoms with Gasteiger partial charge in [0, 0.05) is 39.3 Å². The molecule has 0 aromatic heterocycles. The Labute approximate surface area is 503 Å². The van der Waals surface area contributed by atoms with E-state index in [1.54, 1.807) is 7.11 Å². The Kier molecular flexibility index (Phi) is 41.3. The second-order valence-electron chi connectivity index (χ2n) is 17.3. The summed E-state index contributed by atoms with van der Waals surface area (Å²) in [4.78, 5) is 6.89. The van der Waals surface area contributed by atoms with Gasteiger partial charge in [-0.15, -0.1) is 13.0 Å². The highest BCUT2D eigenvalue weighted by Crippen LogP contribution is 2.56. The molecular weight excluding hydrogens is 1300 g/mol. The molecule has 1 aromatic carbocycles. The number of likely N-dealkylation sites (tertiary alicyclic amines) is 1. The van der Waals surface area contributed by atoms with Crippen LogP contribution in [0.1, 0.15) is 25.7 Å². The van der Waals surface area contributed by atoms with E-state index in [1.165, 1.54) is 32.0 Å². The molecule has 24 nitrogen and oxygen atoms in total. The van der Waals surface area contributed by atoms with Crippen LogP contribution in [0.15, 0.2) is 18.2 Å². The van der Waals surface area contributed by atoms with E-state index >= 15 is 0 Å². The lowest BCUT2D eigenvalue weighted by molar-refractivity contribution is -0.461. The van der Waals surface area contributed by atoms with Crippen LogP contribution < -0.4 is 14.4 Å². The molecule has 1 aromatic rings. The number of halogens is 14. The minimum absolute atomic E-state index is 0.00260. The van der Waals surface area contributed by atoms with E-state index in [0.717, 1.165) is 12.1 Å². The van der Waals surface area contributed by atoms with Crippen LogP contribution in [0.2, 0.25) is 0 Å². The Hall–Kier alpha value is -2.15. The van der Waals surface area contributed by atoms with Crippen molar-refractivity contribution in [3.8, 4) is 17.2 Å². The first-order valence-corrected chi connectivity index (χ1v) is 28.2. The minimum atomic E-state index is -6.14. The maximum Gasteiger partial charge on any atom is 0.436 e. The molecule has 0 aliphatic carbocycles. The summed E-state index contributed by atoms with van der Waals surface area (Å²) >= 11 is -4.55. The standard InChI is InChI=1S/C20H32F8O11S.C19H24F6O11S2.C7H15NO/c21-17(22,18(23,24)37-19(25,26)20(27,28)40-39-38-29)2-1-3-34-14-16-15-35-11-10-32-7-6-30-4-5-31-8-9-33-12-13-36-16;20-17(21,19(24,25)38-36-34-26)18(22,23)37-35-33-14-1-2-15-16(13-14)32-12-10-30-8-6-28-4-3-27-5-7-29-9-11-31-15;1-8-5-3-7(9-2)4-6-8/h16,29H,1-15H2;1-2,13,26H,3-12H2;7H,3-6H2,1-2H3. The van der Waals surface area contributed by atoms with Gasteiger partial charge in [-0.05, 0) is 38.4 Å². The highest BCUT2D eigenvalue weighted by Gasteiger charge is 2.75. The lowest BCUT2D eigenvalue weighted by atomic mass is 10.1. The van der Waals surface area contributed by atoms with Crippen LogP contribution >= 0.6 is 36.1 Å². The molecule has 2 fully saturated rings. The predicted octanol–water partition coefficient (Wildman–Crippen LogP) is 8.86. The summed E-state index contributed by atoms with van der Waals surface area (Å²) in [5, 5.41) is 4.25. The van der Waals surface area contributed by atoms with Crippen molar-refractivity contribution in [1.82, 2.24) is 4.90 Å². The van der Waals surface area contributed by atoms with E-state index in [1.807, 2.05) is 0 Å². The first-order valence-electron chi connectivity index (χ1n) is 26.0. The van der Waals surface area contributed by atoms with Gasteiger partial charge in [-0.1, -0.05) is 10.1 Å². The normalized spacial score (nSPS) is 20.0. The van der Waals surface area contributed by atoms with Gasteiger partial charge in [0.15, 0.2) is 17.2 Å². The topological polar surface area (TPSA) is 238 Å². The molecule has 3 heterocycles. The number of nitrogens with zero attached hydrogens (tertiary/aromatic N) is 1. The van der Waals surface area contributed by atoms with Crippen molar-refractivity contribution in [2.45, 2.75) is 77.7 Å². The van der Waals surface area contributed by atoms with Gasteiger partial charge in [-0.2, -0.15) is 61.5 Å². The molecule has 0 spiro atoms. The zero-order valence-corrected chi connectivity index (χ0v) is 49.3. The third kappa shape index (κ3) is 33.3. The average Bonchev–Trinajstić information content (AvgIpc) is 1.08. The summed E-state index contributed by atoms with van der Waals surface area (Å²) in [6.45, 7) is 6.94. The zero-order chi connectivity index (χ0) is 64.6. The summed E-state index contributed by atoms with van der Waals surface area (Å²) in [7, 11) is 3.96. The summed E-state index contributed by atoms with van der Waals surface area (Å²) in [5.74, 6) is -11.4. The van der Waals surface area contributed by atoms with E-state index in [2.05, 4.69) is 44.6 Å². The molecular formula is C46H71F14NO23S3. The van der Waals surface area contributed by atoms with Gasteiger partial charge in [0.05, 0.1) is 138 Å². The molecule has 0 saturated carbocycles. The van der Waals surface area contributed by atoms with Gasteiger partial charge in [0.25, 0.3) is 0 Å². The highest BCUT2D eigenvalue weighted by molar-refractivity contribution is 7.96. The van der Waals surface area contributed by atoms with Crippen LogP contribution in [-0.2, 0) is 84.7 Å². The van der Waals surface area contributed by atoms with Gasteiger partial charge in [0.1, 0.15) is 55.4 Å². The third-order valence-electron chi connectivity index (χ3n) is 10.8. The monoisotopic (exact) mass is 1370 g/mol. The molecule has 41 heteroatoms. The quantitative estimate of drug-likeness (QED) is 0.0342. The van der Waals surface area contributed by atoms with Crippen molar-refractivity contribution in [3.63, 3.8) is 0 Å². The smallest absolute Gasteiger partial charge is 0.436 e. The van der Waals surface area contributed by atoms with Crippen molar-refractivity contribution in [1.29, 1.82) is 0 Å². The maximum atomic E-state index is 13.9. The molecule has 2 N–H and O–H groups in total. The number of ether oxygens (including phenoxy) is 15. The van der Waals surface area contributed by atoms with E-state index in [9.17, 15) is 61.5 Å². The molecule has 4 rings (SSSR count). The van der Waals surface area contributed by atoms with Crippen molar-refractivity contribution >= 4 is 36.1 Å². The second-order valence-corrected chi connectivity index (χ2v) is 19.8. The number of hydrogen-bond donors (Lipinski definition) is 2. The molecule has 2 saturated heterocycles. The number of hydrogen-bond acceptors (Lipinski definition) is 27. The molecule has 1 atom stereocenters. The Bertz CT molecular complexity index is 1880. The SMILES string of the molecule is COC1CCN(C)CC1.OOOSC(F)(F)C(F)(F)C(F)(F)SOOc1ccc2c(c1)OCCOCCOCCOCCOCCO2.OOOSC(F)(F)C(F)(F)OC(F)(F)C(F)(F)CCCOCC1COCCOCCOCCOCCOCCO1. The van der Waals surface area contributed by atoms with E-state index in [0.29, 0.717) is 78.8 Å². The Morgan fingerprint density at radius 2 is 0.954 bits per heavy atom. The summed E-state index contributed by atoms with van der Waals surface area (Å²) in [6.07, 6.45) is -12.5. The van der Waals surface area contributed by atoms with Crippen LogP contribution in [-0.4, -0.2) is 247 Å². The second kappa shape index (κ2) is 44.4. The number of methoxy groups -OCH3 is 1. The Balaban J connectivity index is 0.000000517. The van der Waals surface area contributed by atoms with Crippen LogP contribution in [0.25, 0.3) is 0 Å². The summed E-state index contributed by atoms with van der Waals surface area (Å²) in [5.41, 5.74) is 0. The van der Waals surface area contributed by atoms with Gasteiger partial charge < -0.3 is 76.1 Å². The fourth-order valence-electron chi connectivity index (χ4n) is 6.28. The lowest BCUT2D eigenvalue weighted by Crippen LogP contribution is -2.52. The Morgan fingerprint density at radius 3 is 1.43 bits per heavy atom. The number of benzene rings is 1. The van der Waals surface area contributed by atoms with Gasteiger partial charge in [0.2, 0.25) is 0 Å². The van der Waals surface area contributed by atoms with Crippen LogP contribution in [0.3, 0.4) is 0 Å². The van der Waals surface area contributed by atoms with Crippen LogP contribution in [0.4, 0.5) is 61.5 Å². The average molecular weight is 1370 g/mol. The van der Waals surface area contributed by atoms with Gasteiger partial charge in [-0.3, -0.25) is 0 Å². The molecule has 1 unspecified atom stereocenters. The predicted molar refractivity (Wildman–Crippen MR) is 272 cm³/mol. The van der Waals surface area contributed by atoms with Crippen LogP contribution in [0, 0.1) is 0 Å². The minimum Gasteiger partial charge on any atom is -0.487 e. The largest absolute Gasteiger partial charge is 0.487 e. The van der Waals surface area contributed by atoms with E-state index in [4.69, 9.17) is 76.8 Å². The van der Waals surface area contributed by atoms with Crippen molar-refractivity contribution in [3.05, 3.63) is 18.2 Å². The van der Waals surface area contributed by atoms with Gasteiger partial charge in [-0.25, -0.2) is 15.3 Å². The first-order chi connectivity index (χ1) is 41.3. The fourth-order valence-corrected chi connectivity index (χ4v) is 7.38. The van der Waals surface area contributed by atoms with E-state index in [-0.39, 0.29) is 89.9 Å². The molecule has 0 bridgehead atoms. The molecule has 3 aliphatic rings. The molecule has 3 aliphatic heterocycles. The van der Waals surface area contributed by atoms with Crippen molar-refractivity contribution < 1.29 is 171 Å². The van der Waals surface area contributed by atoms with Crippen molar-refractivity contribution in [2.24, 2.45) is 0 Å². The fraction of sp³-hybridized carbons (Fsp3) is 0.870. The number of rotatable bonds is 23. The molecule has 0 amide bonds. The van der Waals surface area contributed by atoms with E-state index < -0.39 is 102 Å². The molecule has 0 radical (unpaired) electrons. The van der Waals surface area contributed by atoms with Crippen LogP contribution in [0.5, 0.6) is 17.2 Å². The molecule has 514 valence electrons. The number of alkyl halides is 14. The lowest BCUT2D eigenvalue weighted by Gasteiger charge is -2.31. The molecule has 87 heavy (non-hydrogen) atoms. The van der Waals surface area contributed by atoms with Gasteiger partial charge >= 0.3 is 39.8 Å². The summed E-state index contributed by atoms with van der Waals surface area (Å²) < 4.78 is 278. The third-order valence-corrected chi connectivity index (χ3v) is 12.6. The number of fused-ring (bicyclic) bond motifs is 1. The first kappa shape index (κ1) is 80.9. The highest BCUT2D eigenvalue weighted by atomic mass is 32.2. The summed E-state index contributed by atoms with van der Waals surface area (Å²) in [6, 6.07) is 3.59. The number of piperidine rings is 1. The maximum absolute atomic E-state index is 13.9. The Morgan fingerprint density at radius 1 is 0.529 bits per heavy atom.